The molecule has 0 aliphatic heterocycles. The lowest BCUT2D eigenvalue weighted by Gasteiger charge is -2.20. The minimum atomic E-state index is -0.377. The average molecular weight is 375 g/mol. The number of aryl methyl sites for hydroxylation is 1. The Morgan fingerprint density at radius 3 is 2.54 bits per heavy atom. The molecule has 1 aromatic carbocycles. The Balaban J connectivity index is 2.22. The Hall–Kier alpha value is -2.21. The van der Waals surface area contributed by atoms with Crippen molar-refractivity contribution >= 4 is 28.3 Å². The molecular formula is C20H26N2O3S. The zero-order valence-electron chi connectivity index (χ0n) is 15.7. The van der Waals surface area contributed by atoms with E-state index in [2.05, 4.69) is 11.9 Å². The number of hydrogen-bond donors (Lipinski definition) is 0. The van der Waals surface area contributed by atoms with Crippen LogP contribution in [0.2, 0.25) is 0 Å². The van der Waals surface area contributed by atoms with E-state index in [1.165, 1.54) is 11.3 Å². The van der Waals surface area contributed by atoms with E-state index in [-0.39, 0.29) is 11.9 Å². The molecule has 26 heavy (non-hydrogen) atoms. The summed E-state index contributed by atoms with van der Waals surface area (Å²) in [5.74, 6) is -0.380. The summed E-state index contributed by atoms with van der Waals surface area (Å²) in [7, 11) is 0. The summed E-state index contributed by atoms with van der Waals surface area (Å²) < 4.78 is 5.08. The minimum absolute atomic E-state index is 0.00328. The molecule has 0 saturated heterocycles. The maximum absolute atomic E-state index is 12.9. The Bertz CT molecular complexity index is 728. The Kier molecular flexibility index (Phi) is 7.78. The van der Waals surface area contributed by atoms with Gasteiger partial charge < -0.3 is 4.74 Å². The topological polar surface area (TPSA) is 59.5 Å². The molecule has 0 aliphatic carbocycles. The fourth-order valence-corrected chi connectivity index (χ4v) is 3.60. The van der Waals surface area contributed by atoms with Crippen LogP contribution in [0.25, 0.3) is 0 Å². The predicted molar refractivity (Wildman–Crippen MR) is 105 cm³/mol. The number of carbonyl (C=O) groups is 2. The minimum Gasteiger partial charge on any atom is -0.462 e. The van der Waals surface area contributed by atoms with Crippen molar-refractivity contribution in [2.24, 2.45) is 0 Å². The zero-order valence-corrected chi connectivity index (χ0v) is 16.5. The van der Waals surface area contributed by atoms with Crippen molar-refractivity contribution in [2.45, 2.75) is 46.5 Å². The van der Waals surface area contributed by atoms with Crippen LogP contribution < -0.4 is 4.90 Å². The van der Waals surface area contributed by atoms with Crippen LogP contribution in [0.3, 0.4) is 0 Å². The molecule has 0 atom stereocenters. The van der Waals surface area contributed by atoms with Gasteiger partial charge in [-0.25, -0.2) is 9.78 Å². The zero-order chi connectivity index (χ0) is 18.9. The van der Waals surface area contributed by atoms with Gasteiger partial charge >= 0.3 is 5.97 Å². The first-order valence-electron chi connectivity index (χ1n) is 9.05. The average Bonchev–Trinajstić information content (AvgIpc) is 3.01. The maximum atomic E-state index is 12.9. The van der Waals surface area contributed by atoms with Gasteiger partial charge in [-0.05, 0) is 25.8 Å². The number of aromatic nitrogens is 1. The number of hydrogen-bond acceptors (Lipinski definition) is 5. The number of anilines is 1. The van der Waals surface area contributed by atoms with Crippen molar-refractivity contribution in [1.82, 2.24) is 4.98 Å². The number of nitrogens with zero attached hydrogens (tertiary/aromatic N) is 2. The predicted octanol–water partition coefficient (Wildman–Crippen LogP) is 4.39. The molecule has 0 aliphatic rings. The highest BCUT2D eigenvalue weighted by Crippen LogP contribution is 2.28. The molecule has 1 aromatic heterocycles. The van der Waals surface area contributed by atoms with E-state index in [9.17, 15) is 9.59 Å². The van der Waals surface area contributed by atoms with E-state index in [0.717, 1.165) is 24.8 Å². The SMILES string of the molecule is CCCCCN(C(=O)Cc1ccccc1)c1nc(C)c(C(=O)OCC)s1. The molecule has 0 bridgehead atoms. The molecular weight excluding hydrogens is 348 g/mol. The van der Waals surface area contributed by atoms with E-state index >= 15 is 0 Å². The molecule has 0 saturated carbocycles. The third-order valence-electron chi connectivity index (χ3n) is 3.96. The highest BCUT2D eigenvalue weighted by molar-refractivity contribution is 7.17. The number of carbonyl (C=O) groups excluding carboxylic acids is 2. The lowest BCUT2D eigenvalue weighted by atomic mass is 10.1. The van der Waals surface area contributed by atoms with Gasteiger partial charge in [-0.3, -0.25) is 9.69 Å². The second-order valence-corrected chi connectivity index (χ2v) is 7.02. The monoisotopic (exact) mass is 374 g/mol. The van der Waals surface area contributed by atoms with Crippen LogP contribution >= 0.6 is 11.3 Å². The van der Waals surface area contributed by atoms with Gasteiger partial charge in [-0.15, -0.1) is 0 Å². The van der Waals surface area contributed by atoms with Crippen molar-refractivity contribution in [3.05, 3.63) is 46.5 Å². The van der Waals surface area contributed by atoms with E-state index < -0.39 is 0 Å². The Labute approximate surface area is 159 Å². The van der Waals surface area contributed by atoms with Crippen molar-refractivity contribution in [1.29, 1.82) is 0 Å². The van der Waals surface area contributed by atoms with Crippen LogP contribution in [0.15, 0.2) is 30.3 Å². The van der Waals surface area contributed by atoms with Gasteiger partial charge in [0.25, 0.3) is 0 Å². The molecule has 0 radical (unpaired) electrons. The maximum Gasteiger partial charge on any atom is 0.350 e. The molecule has 2 aromatic rings. The second kappa shape index (κ2) is 10.1. The largest absolute Gasteiger partial charge is 0.462 e. The number of thiazole rings is 1. The number of benzene rings is 1. The number of ether oxygens (including phenoxy) is 1. The van der Waals surface area contributed by atoms with E-state index in [0.29, 0.717) is 35.3 Å². The van der Waals surface area contributed by atoms with Crippen molar-refractivity contribution in [3.63, 3.8) is 0 Å². The number of amides is 1. The van der Waals surface area contributed by atoms with Crippen molar-refractivity contribution in [2.75, 3.05) is 18.1 Å². The summed E-state index contributed by atoms with van der Waals surface area (Å²) in [5.41, 5.74) is 1.58. The van der Waals surface area contributed by atoms with Crippen LogP contribution in [-0.2, 0) is 16.0 Å². The third-order valence-corrected chi connectivity index (χ3v) is 5.12. The summed E-state index contributed by atoms with van der Waals surface area (Å²) in [4.78, 5) is 31.6. The molecule has 140 valence electrons. The summed E-state index contributed by atoms with van der Waals surface area (Å²) in [6.45, 7) is 6.60. The lowest BCUT2D eigenvalue weighted by Crippen LogP contribution is -2.33. The number of rotatable bonds is 9. The first kappa shape index (κ1) is 20.1. The lowest BCUT2D eigenvalue weighted by molar-refractivity contribution is -0.118. The molecule has 0 fully saturated rings. The smallest absolute Gasteiger partial charge is 0.350 e. The van der Waals surface area contributed by atoms with E-state index in [4.69, 9.17) is 4.74 Å². The molecule has 2 rings (SSSR count). The van der Waals surface area contributed by atoms with Gasteiger partial charge in [0, 0.05) is 6.54 Å². The van der Waals surface area contributed by atoms with E-state index in [1.807, 2.05) is 30.3 Å². The van der Waals surface area contributed by atoms with Crippen LogP contribution in [0.1, 0.15) is 54.0 Å². The summed E-state index contributed by atoms with van der Waals surface area (Å²) in [5, 5.41) is 0.572. The van der Waals surface area contributed by atoms with Crippen LogP contribution in [0, 0.1) is 6.92 Å². The fraction of sp³-hybridized carbons (Fsp3) is 0.450. The van der Waals surface area contributed by atoms with Gasteiger partial charge in [-0.2, -0.15) is 0 Å². The molecule has 1 amide bonds. The first-order chi connectivity index (χ1) is 12.6. The van der Waals surface area contributed by atoms with Gasteiger partial charge in [0.2, 0.25) is 5.91 Å². The van der Waals surface area contributed by atoms with Gasteiger partial charge in [0.1, 0.15) is 4.88 Å². The molecule has 6 heteroatoms. The van der Waals surface area contributed by atoms with Crippen LogP contribution in [0.5, 0.6) is 0 Å². The first-order valence-corrected chi connectivity index (χ1v) is 9.87. The summed E-state index contributed by atoms with van der Waals surface area (Å²) in [6, 6.07) is 9.67. The van der Waals surface area contributed by atoms with Crippen LogP contribution in [-0.4, -0.2) is 30.0 Å². The van der Waals surface area contributed by atoms with Crippen molar-refractivity contribution in [3.8, 4) is 0 Å². The third kappa shape index (κ3) is 5.39. The quantitative estimate of drug-likeness (QED) is 0.482. The molecule has 5 nitrogen and oxygen atoms in total. The van der Waals surface area contributed by atoms with Crippen molar-refractivity contribution < 1.29 is 14.3 Å². The van der Waals surface area contributed by atoms with E-state index in [1.54, 1.807) is 18.7 Å². The molecule has 1 heterocycles. The molecule has 0 unspecified atom stereocenters. The summed E-state index contributed by atoms with van der Waals surface area (Å²) in [6.07, 6.45) is 3.35. The number of unbranched alkanes of at least 4 members (excludes halogenated alkanes) is 2. The highest BCUT2D eigenvalue weighted by Gasteiger charge is 2.23. The standard InChI is InChI=1S/C20H26N2O3S/c1-4-6-10-13-22(17(23)14-16-11-8-7-9-12-16)20-21-15(3)18(26-20)19(24)25-5-2/h7-9,11-12H,4-6,10,13-14H2,1-3H3. The van der Waals surface area contributed by atoms with Gasteiger partial charge in [0.05, 0.1) is 18.7 Å². The normalized spacial score (nSPS) is 10.6. The van der Waals surface area contributed by atoms with Gasteiger partial charge in [-0.1, -0.05) is 61.4 Å². The second-order valence-electron chi connectivity index (χ2n) is 6.05. The fourth-order valence-electron chi connectivity index (χ4n) is 2.60. The molecule has 0 N–H and O–H groups in total. The Morgan fingerprint density at radius 2 is 1.88 bits per heavy atom. The highest BCUT2D eigenvalue weighted by atomic mass is 32.1. The summed E-state index contributed by atoms with van der Waals surface area (Å²) >= 11 is 1.23. The van der Waals surface area contributed by atoms with Gasteiger partial charge in [0.15, 0.2) is 5.13 Å². The number of esters is 1. The molecule has 0 spiro atoms. The van der Waals surface area contributed by atoms with Crippen LogP contribution in [0.4, 0.5) is 5.13 Å². The Morgan fingerprint density at radius 1 is 1.15 bits per heavy atom.